The van der Waals surface area contributed by atoms with E-state index in [1.54, 1.807) is 4.90 Å². The van der Waals surface area contributed by atoms with Crippen LogP contribution in [0.5, 0.6) is 0 Å². The van der Waals surface area contributed by atoms with Gasteiger partial charge < -0.3 is 15.1 Å². The Morgan fingerprint density at radius 2 is 1.68 bits per heavy atom. The average molecular weight is 383 g/mol. The van der Waals surface area contributed by atoms with Gasteiger partial charge in [-0.05, 0) is 37.5 Å². The first-order chi connectivity index (χ1) is 13.4. The number of likely N-dealkylation sites (N-methyl/N-ethyl adjacent to an activating group) is 1. The molecular formula is C23H32N3O2+. The minimum absolute atomic E-state index is 0.0488. The van der Waals surface area contributed by atoms with Gasteiger partial charge in [0, 0.05) is 19.3 Å². The van der Waals surface area contributed by atoms with Crippen molar-refractivity contribution in [3.05, 3.63) is 65.2 Å². The molecule has 0 heterocycles. The summed E-state index contributed by atoms with van der Waals surface area (Å²) in [5.41, 5.74) is 4.17. The molecule has 1 atom stereocenters. The first kappa shape index (κ1) is 21.6. The molecule has 0 aliphatic rings. The molecule has 150 valence electrons. The summed E-state index contributed by atoms with van der Waals surface area (Å²) in [5.74, 6) is -0.0144. The first-order valence-corrected chi connectivity index (χ1v) is 9.87. The Bertz CT molecular complexity index is 787. The van der Waals surface area contributed by atoms with Gasteiger partial charge in [0.15, 0.2) is 13.1 Å². The Hall–Kier alpha value is -2.66. The summed E-state index contributed by atoms with van der Waals surface area (Å²) in [6, 6.07) is 15.9. The molecule has 2 aromatic carbocycles. The van der Waals surface area contributed by atoms with Crippen molar-refractivity contribution in [3.8, 4) is 0 Å². The van der Waals surface area contributed by atoms with Gasteiger partial charge in [-0.1, -0.05) is 55.0 Å². The topological polar surface area (TPSA) is 53.9 Å². The molecule has 0 aliphatic heterocycles. The summed E-state index contributed by atoms with van der Waals surface area (Å²) in [6.07, 6.45) is 0.919. The van der Waals surface area contributed by atoms with Crippen molar-refractivity contribution in [2.75, 3.05) is 32.0 Å². The average Bonchev–Trinajstić information content (AvgIpc) is 2.65. The fourth-order valence-electron chi connectivity index (χ4n) is 3.13. The monoisotopic (exact) mass is 382 g/mol. The van der Waals surface area contributed by atoms with Crippen LogP contribution in [0.2, 0.25) is 0 Å². The van der Waals surface area contributed by atoms with Crippen molar-refractivity contribution in [2.24, 2.45) is 0 Å². The van der Waals surface area contributed by atoms with Gasteiger partial charge in [-0.25, -0.2) is 0 Å². The Morgan fingerprint density at radius 1 is 1.00 bits per heavy atom. The quantitative estimate of drug-likeness (QED) is 0.699. The molecule has 2 amide bonds. The number of hydrogen-bond donors (Lipinski definition) is 2. The van der Waals surface area contributed by atoms with Crippen molar-refractivity contribution in [1.29, 1.82) is 0 Å². The third-order valence-corrected chi connectivity index (χ3v) is 4.80. The number of amides is 2. The fraction of sp³-hybridized carbons (Fsp3) is 0.391. The van der Waals surface area contributed by atoms with Gasteiger partial charge in [0.05, 0.1) is 6.54 Å². The van der Waals surface area contributed by atoms with Crippen LogP contribution >= 0.6 is 0 Å². The van der Waals surface area contributed by atoms with Crippen LogP contribution in [0.3, 0.4) is 0 Å². The highest BCUT2D eigenvalue weighted by Crippen LogP contribution is 2.12. The first-order valence-electron chi connectivity index (χ1n) is 9.87. The number of para-hydroxylation sites is 1. The number of anilines is 1. The molecule has 0 aliphatic carbocycles. The molecule has 2 N–H and O–H groups in total. The highest BCUT2D eigenvalue weighted by molar-refractivity contribution is 5.92. The van der Waals surface area contributed by atoms with Crippen LogP contribution in [-0.4, -0.2) is 43.4 Å². The number of carbonyl (C=O) groups is 2. The third-order valence-electron chi connectivity index (χ3n) is 4.80. The second-order valence-corrected chi connectivity index (χ2v) is 7.45. The minimum Gasteiger partial charge on any atom is -0.337 e. The molecule has 28 heavy (non-hydrogen) atoms. The molecule has 0 aromatic heterocycles. The maximum atomic E-state index is 12.7. The summed E-state index contributed by atoms with van der Waals surface area (Å²) < 4.78 is 0. The minimum atomic E-state index is -0.0632. The van der Waals surface area contributed by atoms with Gasteiger partial charge in [-0.3, -0.25) is 9.59 Å². The molecular weight excluding hydrogens is 350 g/mol. The predicted molar refractivity (Wildman–Crippen MR) is 113 cm³/mol. The molecule has 2 rings (SSSR count). The molecule has 0 saturated heterocycles. The van der Waals surface area contributed by atoms with E-state index < -0.39 is 0 Å². The van der Waals surface area contributed by atoms with Crippen molar-refractivity contribution in [3.63, 3.8) is 0 Å². The van der Waals surface area contributed by atoms with E-state index in [4.69, 9.17) is 0 Å². The number of hydrogen-bond acceptors (Lipinski definition) is 2. The van der Waals surface area contributed by atoms with Crippen LogP contribution in [0, 0.1) is 13.8 Å². The van der Waals surface area contributed by atoms with Crippen LogP contribution in [0.1, 0.15) is 30.0 Å². The highest BCUT2D eigenvalue weighted by atomic mass is 16.2. The lowest BCUT2D eigenvalue weighted by Crippen LogP contribution is -3.14. The number of benzene rings is 2. The lowest BCUT2D eigenvalue weighted by atomic mass is 10.1. The standard InChI is InChI=1S/C23H31N3O2/c1-5-14-26(16-22(27)24-21-9-7-6-8-19(21)3)17-23(28)25(4)15-20-12-10-18(2)11-13-20/h6-13H,5,14-17H2,1-4H3,(H,24,27)/p+1. The van der Waals surface area contributed by atoms with E-state index in [1.165, 1.54) is 5.56 Å². The molecule has 2 aromatic rings. The maximum absolute atomic E-state index is 12.7. The largest absolute Gasteiger partial charge is 0.337 e. The normalized spacial score (nSPS) is 11.7. The Morgan fingerprint density at radius 3 is 2.32 bits per heavy atom. The van der Waals surface area contributed by atoms with E-state index in [9.17, 15) is 9.59 Å². The van der Waals surface area contributed by atoms with Gasteiger partial charge >= 0.3 is 0 Å². The summed E-state index contributed by atoms with van der Waals surface area (Å²) in [6.45, 7) is 8.05. The SMILES string of the molecule is CCC[NH+](CC(=O)Nc1ccccc1C)CC(=O)N(C)Cc1ccc(C)cc1. The number of nitrogens with zero attached hydrogens (tertiary/aromatic N) is 1. The molecule has 0 bridgehead atoms. The molecule has 1 unspecified atom stereocenters. The van der Waals surface area contributed by atoms with Crippen LogP contribution in [0.4, 0.5) is 5.69 Å². The number of rotatable bonds is 9. The Balaban J connectivity index is 1.91. The van der Waals surface area contributed by atoms with E-state index in [0.29, 0.717) is 13.1 Å². The second-order valence-electron chi connectivity index (χ2n) is 7.45. The van der Waals surface area contributed by atoms with Crippen LogP contribution < -0.4 is 10.2 Å². The van der Waals surface area contributed by atoms with Crippen molar-refractivity contribution in [2.45, 2.75) is 33.7 Å². The molecule has 0 saturated carbocycles. The lowest BCUT2D eigenvalue weighted by molar-refractivity contribution is -0.883. The summed E-state index contributed by atoms with van der Waals surface area (Å²) in [5, 5.41) is 2.96. The second kappa shape index (κ2) is 10.6. The Kier molecular flexibility index (Phi) is 8.20. The zero-order valence-electron chi connectivity index (χ0n) is 17.4. The van der Waals surface area contributed by atoms with Crippen molar-refractivity contribution < 1.29 is 14.5 Å². The maximum Gasteiger partial charge on any atom is 0.279 e. The number of carbonyl (C=O) groups excluding carboxylic acids is 2. The lowest BCUT2D eigenvalue weighted by Gasteiger charge is -2.22. The van der Waals surface area contributed by atoms with Crippen LogP contribution in [0.15, 0.2) is 48.5 Å². The number of quaternary nitrogens is 1. The van der Waals surface area contributed by atoms with E-state index in [0.717, 1.165) is 34.7 Å². The number of nitrogens with one attached hydrogen (secondary N) is 2. The van der Waals surface area contributed by atoms with E-state index in [2.05, 4.69) is 24.4 Å². The molecule has 0 fully saturated rings. The van der Waals surface area contributed by atoms with Gasteiger partial charge in [0.1, 0.15) is 0 Å². The number of aryl methyl sites for hydroxylation is 2. The predicted octanol–water partition coefficient (Wildman–Crippen LogP) is 2.20. The molecule has 0 spiro atoms. The van der Waals surface area contributed by atoms with E-state index in [-0.39, 0.29) is 18.4 Å². The van der Waals surface area contributed by atoms with Crippen LogP contribution in [-0.2, 0) is 16.1 Å². The summed E-state index contributed by atoms with van der Waals surface area (Å²) in [7, 11) is 1.82. The van der Waals surface area contributed by atoms with Gasteiger partial charge in [-0.2, -0.15) is 0 Å². The van der Waals surface area contributed by atoms with Gasteiger partial charge in [0.25, 0.3) is 11.8 Å². The van der Waals surface area contributed by atoms with Crippen molar-refractivity contribution in [1.82, 2.24) is 4.90 Å². The van der Waals surface area contributed by atoms with Crippen molar-refractivity contribution >= 4 is 17.5 Å². The van der Waals surface area contributed by atoms with Gasteiger partial charge in [0.2, 0.25) is 0 Å². The highest BCUT2D eigenvalue weighted by Gasteiger charge is 2.20. The smallest absolute Gasteiger partial charge is 0.279 e. The van der Waals surface area contributed by atoms with Crippen LogP contribution in [0.25, 0.3) is 0 Å². The van der Waals surface area contributed by atoms with E-state index in [1.807, 2.05) is 57.3 Å². The van der Waals surface area contributed by atoms with E-state index >= 15 is 0 Å². The third kappa shape index (κ3) is 6.82. The van der Waals surface area contributed by atoms with Gasteiger partial charge in [-0.15, -0.1) is 0 Å². The Labute approximate surface area is 168 Å². The zero-order chi connectivity index (χ0) is 20.5. The fourth-order valence-corrected chi connectivity index (χ4v) is 3.13. The summed E-state index contributed by atoms with van der Waals surface area (Å²) in [4.78, 5) is 27.9. The zero-order valence-corrected chi connectivity index (χ0v) is 17.4. The molecule has 0 radical (unpaired) electrons. The molecule has 5 heteroatoms. The molecule has 5 nitrogen and oxygen atoms in total. The summed E-state index contributed by atoms with van der Waals surface area (Å²) >= 11 is 0.